The molecule has 5 heteroatoms. The molecule has 0 aliphatic rings. The highest BCUT2D eigenvalue weighted by Crippen LogP contribution is 2.34. The van der Waals surface area contributed by atoms with Gasteiger partial charge in [-0.1, -0.05) is 11.6 Å². The lowest BCUT2D eigenvalue weighted by molar-refractivity contribution is 0.112. The second kappa shape index (κ2) is 4.06. The average Bonchev–Trinajstić information content (AvgIpc) is 2.64. The number of fused-ring (bicyclic) bond motifs is 1. The SMILES string of the molecule is COc1cc2c(C=O)c(OC)[nH]c2cc1Cl. The molecule has 1 N–H and O–H groups in total. The standard InChI is InChI=1S/C11H10ClNO3/c1-15-10-3-6-7(5-14)11(16-2)13-9(6)4-8(10)12/h3-5,13H,1-2H3. The lowest BCUT2D eigenvalue weighted by atomic mass is 10.2. The first-order valence-corrected chi connectivity index (χ1v) is 4.97. The predicted octanol–water partition coefficient (Wildman–Crippen LogP) is 2.65. The molecule has 0 aliphatic carbocycles. The molecule has 0 saturated heterocycles. The molecule has 1 heterocycles. The van der Waals surface area contributed by atoms with Crippen molar-refractivity contribution in [2.24, 2.45) is 0 Å². The highest BCUT2D eigenvalue weighted by molar-refractivity contribution is 6.33. The molecule has 4 nitrogen and oxygen atoms in total. The van der Waals surface area contributed by atoms with E-state index in [0.717, 1.165) is 17.2 Å². The molecule has 0 spiro atoms. The number of hydrogen-bond donors (Lipinski definition) is 1. The molecular weight excluding hydrogens is 230 g/mol. The summed E-state index contributed by atoms with van der Waals surface area (Å²) in [5.74, 6) is 0.952. The Bertz CT molecular complexity index is 548. The van der Waals surface area contributed by atoms with Crippen molar-refractivity contribution in [3.05, 3.63) is 22.7 Å². The number of halogens is 1. The van der Waals surface area contributed by atoms with Crippen LogP contribution in [0.4, 0.5) is 0 Å². The largest absolute Gasteiger partial charge is 0.495 e. The molecule has 0 amide bonds. The lowest BCUT2D eigenvalue weighted by Gasteiger charge is -2.02. The van der Waals surface area contributed by atoms with Crippen LogP contribution in [0.5, 0.6) is 11.6 Å². The van der Waals surface area contributed by atoms with Gasteiger partial charge in [0.05, 0.1) is 30.3 Å². The smallest absolute Gasteiger partial charge is 0.202 e. The third-order valence-corrected chi connectivity index (χ3v) is 2.69. The van der Waals surface area contributed by atoms with Gasteiger partial charge in [0.1, 0.15) is 5.75 Å². The van der Waals surface area contributed by atoms with E-state index in [9.17, 15) is 4.79 Å². The molecule has 2 rings (SSSR count). The van der Waals surface area contributed by atoms with Gasteiger partial charge in [-0.15, -0.1) is 0 Å². The van der Waals surface area contributed by atoms with Crippen LogP contribution in [-0.4, -0.2) is 25.5 Å². The van der Waals surface area contributed by atoms with E-state index < -0.39 is 0 Å². The Balaban J connectivity index is 2.78. The van der Waals surface area contributed by atoms with E-state index in [1.807, 2.05) is 0 Å². The molecule has 1 aromatic heterocycles. The molecule has 0 unspecified atom stereocenters. The zero-order valence-corrected chi connectivity index (χ0v) is 9.59. The number of ether oxygens (including phenoxy) is 2. The molecule has 0 fully saturated rings. The third kappa shape index (κ3) is 1.51. The second-order valence-electron chi connectivity index (χ2n) is 3.22. The normalized spacial score (nSPS) is 10.4. The van der Waals surface area contributed by atoms with Crippen molar-refractivity contribution >= 4 is 28.8 Å². The van der Waals surface area contributed by atoms with Gasteiger partial charge in [0.25, 0.3) is 0 Å². The maximum absolute atomic E-state index is 11.0. The number of methoxy groups -OCH3 is 2. The van der Waals surface area contributed by atoms with Crippen molar-refractivity contribution < 1.29 is 14.3 Å². The first kappa shape index (κ1) is 10.8. The molecule has 84 valence electrons. The van der Waals surface area contributed by atoms with E-state index in [4.69, 9.17) is 21.1 Å². The molecule has 0 atom stereocenters. The highest BCUT2D eigenvalue weighted by atomic mass is 35.5. The summed E-state index contributed by atoms with van der Waals surface area (Å²) < 4.78 is 10.2. The Morgan fingerprint density at radius 2 is 2.06 bits per heavy atom. The van der Waals surface area contributed by atoms with Gasteiger partial charge in [0.15, 0.2) is 6.29 Å². The number of hydrogen-bond acceptors (Lipinski definition) is 3. The van der Waals surface area contributed by atoms with Gasteiger partial charge in [-0.25, -0.2) is 0 Å². The van der Waals surface area contributed by atoms with Crippen molar-refractivity contribution in [3.63, 3.8) is 0 Å². The van der Waals surface area contributed by atoms with Crippen LogP contribution in [0, 0.1) is 0 Å². The van der Waals surface area contributed by atoms with Crippen molar-refractivity contribution in [1.29, 1.82) is 0 Å². The Morgan fingerprint density at radius 1 is 1.31 bits per heavy atom. The van der Waals surface area contributed by atoms with E-state index in [2.05, 4.69) is 4.98 Å². The van der Waals surface area contributed by atoms with E-state index in [1.165, 1.54) is 14.2 Å². The van der Waals surface area contributed by atoms with E-state index in [-0.39, 0.29) is 0 Å². The molecular formula is C11H10ClNO3. The third-order valence-electron chi connectivity index (χ3n) is 2.40. The van der Waals surface area contributed by atoms with Crippen LogP contribution < -0.4 is 9.47 Å². The summed E-state index contributed by atoms with van der Waals surface area (Å²) in [6.45, 7) is 0. The highest BCUT2D eigenvalue weighted by Gasteiger charge is 2.14. The summed E-state index contributed by atoms with van der Waals surface area (Å²) in [4.78, 5) is 13.9. The van der Waals surface area contributed by atoms with Crippen LogP contribution in [-0.2, 0) is 0 Å². The summed E-state index contributed by atoms with van der Waals surface area (Å²) in [5.41, 5.74) is 1.21. The molecule has 2 aromatic rings. The number of aromatic amines is 1. The Labute approximate surface area is 97.1 Å². The monoisotopic (exact) mass is 239 g/mol. The minimum atomic E-state index is 0.425. The van der Waals surface area contributed by atoms with Gasteiger partial charge in [-0.05, 0) is 12.1 Å². The van der Waals surface area contributed by atoms with E-state index in [1.54, 1.807) is 12.1 Å². The number of benzene rings is 1. The lowest BCUT2D eigenvalue weighted by Crippen LogP contribution is -1.87. The fourth-order valence-corrected chi connectivity index (χ4v) is 1.87. The van der Waals surface area contributed by atoms with Gasteiger partial charge in [0, 0.05) is 5.39 Å². The van der Waals surface area contributed by atoms with Gasteiger partial charge < -0.3 is 14.5 Å². The molecule has 16 heavy (non-hydrogen) atoms. The number of nitrogens with one attached hydrogen (secondary N) is 1. The second-order valence-corrected chi connectivity index (χ2v) is 3.63. The molecule has 0 saturated carbocycles. The van der Waals surface area contributed by atoms with Crippen LogP contribution >= 0.6 is 11.6 Å². The number of aldehydes is 1. The number of carbonyl (C=O) groups excluding carboxylic acids is 1. The van der Waals surface area contributed by atoms with Crippen LogP contribution in [0.2, 0.25) is 5.02 Å². The quantitative estimate of drug-likeness (QED) is 0.838. The van der Waals surface area contributed by atoms with Crippen molar-refractivity contribution in [2.45, 2.75) is 0 Å². The van der Waals surface area contributed by atoms with Crippen LogP contribution in [0.25, 0.3) is 10.9 Å². The van der Waals surface area contributed by atoms with E-state index in [0.29, 0.717) is 22.2 Å². The summed E-state index contributed by atoms with van der Waals surface area (Å²) in [6.07, 6.45) is 0.741. The Kier molecular flexibility index (Phi) is 2.75. The molecule has 0 bridgehead atoms. The van der Waals surface area contributed by atoms with Crippen molar-refractivity contribution in [2.75, 3.05) is 14.2 Å². The minimum Gasteiger partial charge on any atom is -0.495 e. The molecule has 1 aromatic carbocycles. The number of H-pyrrole nitrogens is 1. The fraction of sp³-hybridized carbons (Fsp3) is 0.182. The first-order chi connectivity index (χ1) is 7.71. The Hall–Kier alpha value is -1.68. The maximum atomic E-state index is 11.0. The van der Waals surface area contributed by atoms with Crippen LogP contribution in [0.15, 0.2) is 12.1 Å². The first-order valence-electron chi connectivity index (χ1n) is 4.59. The zero-order valence-electron chi connectivity index (χ0n) is 8.83. The van der Waals surface area contributed by atoms with Gasteiger partial charge in [-0.3, -0.25) is 4.79 Å². The zero-order chi connectivity index (χ0) is 11.7. The molecule has 0 aliphatic heterocycles. The number of carbonyl (C=O) groups is 1. The number of aromatic nitrogens is 1. The number of rotatable bonds is 3. The van der Waals surface area contributed by atoms with Gasteiger partial charge in [0.2, 0.25) is 5.88 Å². The van der Waals surface area contributed by atoms with Crippen molar-refractivity contribution in [3.8, 4) is 11.6 Å². The van der Waals surface area contributed by atoms with Gasteiger partial charge in [-0.2, -0.15) is 0 Å². The van der Waals surface area contributed by atoms with Crippen LogP contribution in [0.1, 0.15) is 10.4 Å². The van der Waals surface area contributed by atoms with E-state index >= 15 is 0 Å². The Morgan fingerprint density at radius 3 is 2.62 bits per heavy atom. The summed E-state index contributed by atoms with van der Waals surface area (Å²) in [7, 11) is 3.02. The topological polar surface area (TPSA) is 51.3 Å². The predicted molar refractivity (Wildman–Crippen MR) is 61.8 cm³/mol. The summed E-state index contributed by atoms with van der Waals surface area (Å²) >= 11 is 5.98. The maximum Gasteiger partial charge on any atom is 0.202 e. The fourth-order valence-electron chi connectivity index (χ4n) is 1.63. The van der Waals surface area contributed by atoms with Crippen LogP contribution in [0.3, 0.4) is 0 Å². The minimum absolute atomic E-state index is 0.425. The summed E-state index contributed by atoms with van der Waals surface area (Å²) in [6, 6.07) is 3.41. The van der Waals surface area contributed by atoms with Crippen molar-refractivity contribution in [1.82, 2.24) is 4.98 Å². The molecule has 0 radical (unpaired) electrons. The van der Waals surface area contributed by atoms with Gasteiger partial charge >= 0.3 is 0 Å². The average molecular weight is 240 g/mol. The summed E-state index contributed by atoms with van der Waals surface area (Å²) in [5, 5.41) is 1.21.